The number of amides is 1. The van der Waals surface area contributed by atoms with Gasteiger partial charge in [0.05, 0.1) is 20.0 Å². The number of aromatic nitrogens is 4. The highest BCUT2D eigenvalue weighted by atomic mass is 35.5. The third-order valence-electron chi connectivity index (χ3n) is 4.29. The summed E-state index contributed by atoms with van der Waals surface area (Å²) in [5.74, 6) is -0.847. The van der Waals surface area contributed by atoms with Crippen LogP contribution in [-0.4, -0.2) is 33.9 Å². The molecule has 0 unspecified atom stereocenters. The van der Waals surface area contributed by atoms with Crippen LogP contribution in [0.5, 0.6) is 0 Å². The van der Waals surface area contributed by atoms with Crippen LogP contribution in [0.1, 0.15) is 10.6 Å². The number of hydrogen-bond donors (Lipinski definition) is 2. The van der Waals surface area contributed by atoms with Crippen molar-refractivity contribution in [3.05, 3.63) is 88.7 Å². The lowest BCUT2D eigenvalue weighted by Gasteiger charge is -2.05. The maximum absolute atomic E-state index is 12.8. The highest BCUT2D eigenvalue weighted by Gasteiger charge is 2.30. The molecule has 4 aromatic rings. The fourth-order valence-electron chi connectivity index (χ4n) is 2.82. The molecule has 3 aromatic carbocycles. The minimum absolute atomic E-state index is 0.0490. The van der Waals surface area contributed by atoms with E-state index < -0.39 is 20.9 Å². The Morgan fingerprint density at radius 3 is 2.34 bits per heavy atom. The highest BCUT2D eigenvalue weighted by Crippen LogP contribution is 2.24. The van der Waals surface area contributed by atoms with Crippen molar-refractivity contribution >= 4 is 44.9 Å². The molecule has 1 aromatic heterocycles. The Kier molecular flexibility index (Phi) is 5.94. The molecule has 4 rings (SSSR count). The van der Waals surface area contributed by atoms with E-state index in [-0.39, 0.29) is 16.5 Å². The van der Waals surface area contributed by atoms with Crippen LogP contribution in [0.4, 0.5) is 5.69 Å². The van der Waals surface area contributed by atoms with Crippen molar-refractivity contribution in [2.75, 3.05) is 5.32 Å². The largest absolute Gasteiger partial charge is 0.397 e. The second kappa shape index (κ2) is 8.67. The van der Waals surface area contributed by atoms with Gasteiger partial charge in [0.15, 0.2) is 11.4 Å². The van der Waals surface area contributed by atoms with Gasteiger partial charge in [-0.1, -0.05) is 53.5 Å². The van der Waals surface area contributed by atoms with E-state index in [1.165, 1.54) is 10.9 Å². The molecule has 0 radical (unpaired) electrons. The van der Waals surface area contributed by atoms with Gasteiger partial charge in [0.25, 0.3) is 10.1 Å². The summed E-state index contributed by atoms with van der Waals surface area (Å²) < 4.78 is 32.7. The monoisotopic (exact) mass is 490 g/mol. The number of anilines is 1. The van der Waals surface area contributed by atoms with Crippen molar-refractivity contribution in [2.45, 2.75) is 4.90 Å². The van der Waals surface area contributed by atoms with Crippen molar-refractivity contribution in [2.24, 2.45) is 0 Å². The Hall–Kier alpha value is -3.31. The molecule has 9 nitrogen and oxygen atoms in total. The normalized spacial score (nSPS) is 11.3. The van der Waals surface area contributed by atoms with Crippen LogP contribution < -0.4 is 10.1 Å². The summed E-state index contributed by atoms with van der Waals surface area (Å²) in [6.45, 7) is 0. The van der Waals surface area contributed by atoms with Crippen LogP contribution in [0.15, 0.2) is 77.7 Å². The van der Waals surface area contributed by atoms with E-state index in [9.17, 15) is 17.8 Å². The van der Waals surface area contributed by atoms with Gasteiger partial charge < -0.3 is 5.32 Å². The van der Waals surface area contributed by atoms with E-state index in [1.54, 1.807) is 54.6 Å². The molecule has 1 heterocycles. The number of hydrogen-bond acceptors (Lipinski definition) is 5. The van der Waals surface area contributed by atoms with Crippen molar-refractivity contribution in [3.63, 3.8) is 0 Å². The van der Waals surface area contributed by atoms with Crippen molar-refractivity contribution < 1.29 is 22.6 Å². The summed E-state index contributed by atoms with van der Waals surface area (Å²) >= 11 is 12.6. The van der Waals surface area contributed by atoms with Crippen LogP contribution in [0, 0.1) is 0 Å². The molecule has 0 saturated heterocycles. The average molecular weight is 491 g/mol. The summed E-state index contributed by atoms with van der Waals surface area (Å²) in [6, 6.07) is 18.9. The number of carbonyl (C=O) groups is 1. The molecule has 0 bridgehead atoms. The number of nitrogens with one attached hydrogen (secondary N) is 1. The molecule has 0 fully saturated rings. The zero-order valence-electron chi connectivity index (χ0n) is 16.1. The van der Waals surface area contributed by atoms with E-state index in [4.69, 9.17) is 23.2 Å². The number of tetrazole rings is 1. The third-order valence-corrected chi connectivity index (χ3v) is 5.78. The molecule has 0 aliphatic carbocycles. The first kappa shape index (κ1) is 21.9. The first-order valence-electron chi connectivity index (χ1n) is 9.02. The van der Waals surface area contributed by atoms with Gasteiger partial charge in [-0.2, -0.15) is 8.42 Å². The van der Waals surface area contributed by atoms with Gasteiger partial charge in [0.1, 0.15) is 0 Å². The SMILES string of the molecule is O=C(Nc1ccccc1)c1nn(-c2cc(S(=O)(=O)O)ccc2Cl)[n+](-c2ccccc2Cl)n1. The van der Waals surface area contributed by atoms with Crippen molar-refractivity contribution in [1.29, 1.82) is 0 Å². The van der Waals surface area contributed by atoms with Crippen molar-refractivity contribution in [1.82, 2.24) is 15.0 Å². The molecule has 1 amide bonds. The van der Waals surface area contributed by atoms with Gasteiger partial charge in [0, 0.05) is 15.6 Å². The van der Waals surface area contributed by atoms with E-state index in [1.807, 2.05) is 0 Å². The lowest BCUT2D eigenvalue weighted by molar-refractivity contribution is -0.734. The van der Waals surface area contributed by atoms with E-state index >= 15 is 0 Å². The summed E-state index contributed by atoms with van der Waals surface area (Å²) in [7, 11) is -4.52. The van der Waals surface area contributed by atoms with Crippen LogP contribution in [0.2, 0.25) is 10.0 Å². The maximum atomic E-state index is 12.8. The van der Waals surface area contributed by atoms with Gasteiger partial charge >= 0.3 is 11.7 Å². The standard InChI is InChI=1S/C20H13Cl2N5O4S/c21-15-8-4-5-9-17(15)26-24-19(20(28)23-13-6-2-1-3-7-13)25-27(26)18-12-14(32(29,30)31)10-11-16(18)22/h1-12H,(H-,23,28,29,30,31)/p+1. The van der Waals surface area contributed by atoms with E-state index in [2.05, 4.69) is 15.5 Å². The number of rotatable bonds is 5. The lowest BCUT2D eigenvalue weighted by atomic mass is 10.3. The van der Waals surface area contributed by atoms with E-state index in [0.717, 1.165) is 16.9 Å². The van der Waals surface area contributed by atoms with Crippen LogP contribution in [0.25, 0.3) is 11.4 Å². The van der Waals surface area contributed by atoms with Gasteiger partial charge in [-0.15, -0.1) is 0 Å². The highest BCUT2D eigenvalue weighted by molar-refractivity contribution is 7.85. The fourth-order valence-corrected chi connectivity index (χ4v) is 3.72. The smallest absolute Gasteiger partial charge is 0.317 e. The first-order valence-corrected chi connectivity index (χ1v) is 11.2. The first-order chi connectivity index (χ1) is 15.2. The second-order valence-electron chi connectivity index (χ2n) is 6.46. The number of nitrogens with zero attached hydrogens (tertiary/aromatic N) is 4. The molecule has 0 aliphatic heterocycles. The number of carbonyl (C=O) groups excluding carboxylic acids is 1. The van der Waals surface area contributed by atoms with Gasteiger partial charge in [-0.05, 0) is 47.3 Å². The summed E-state index contributed by atoms with van der Waals surface area (Å²) in [6.07, 6.45) is 0. The number of benzene rings is 3. The van der Waals surface area contributed by atoms with Crippen LogP contribution in [-0.2, 0) is 10.1 Å². The third kappa shape index (κ3) is 4.48. The zero-order valence-corrected chi connectivity index (χ0v) is 18.4. The molecule has 12 heteroatoms. The Balaban J connectivity index is 1.88. The number of halogens is 2. The molecule has 0 aliphatic rings. The molecule has 2 N–H and O–H groups in total. The predicted molar refractivity (Wildman–Crippen MR) is 117 cm³/mol. The lowest BCUT2D eigenvalue weighted by Crippen LogP contribution is -2.43. The quantitative estimate of drug-likeness (QED) is 0.327. The fraction of sp³-hybridized carbons (Fsp3) is 0. The molecule has 32 heavy (non-hydrogen) atoms. The van der Waals surface area contributed by atoms with Gasteiger partial charge in [-0.3, -0.25) is 9.35 Å². The Morgan fingerprint density at radius 1 is 0.969 bits per heavy atom. The van der Waals surface area contributed by atoms with Crippen LogP contribution >= 0.6 is 23.2 Å². The molecular weight excluding hydrogens is 477 g/mol. The predicted octanol–water partition coefficient (Wildman–Crippen LogP) is 3.35. The van der Waals surface area contributed by atoms with Crippen molar-refractivity contribution in [3.8, 4) is 11.4 Å². The Bertz CT molecular complexity index is 1430. The summed E-state index contributed by atoms with van der Waals surface area (Å²) in [4.78, 5) is 14.7. The van der Waals surface area contributed by atoms with Gasteiger partial charge in [0.2, 0.25) is 0 Å². The maximum Gasteiger partial charge on any atom is 0.397 e. The van der Waals surface area contributed by atoms with Crippen LogP contribution in [0.3, 0.4) is 0 Å². The number of para-hydroxylation sites is 2. The summed E-state index contributed by atoms with van der Waals surface area (Å²) in [5.41, 5.74) is 0.936. The average Bonchev–Trinajstić information content (AvgIpc) is 3.19. The van der Waals surface area contributed by atoms with E-state index in [0.29, 0.717) is 16.4 Å². The molecular formula is C20H14Cl2N5O4S+. The minimum Gasteiger partial charge on any atom is -0.317 e. The Labute approximate surface area is 192 Å². The zero-order chi connectivity index (χ0) is 22.9. The summed E-state index contributed by atoms with van der Waals surface area (Å²) in [5, 5.41) is 11.5. The minimum atomic E-state index is -4.52. The molecule has 0 saturated carbocycles. The topological polar surface area (TPSA) is 118 Å². The molecule has 0 spiro atoms. The van der Waals surface area contributed by atoms with Gasteiger partial charge in [-0.25, -0.2) is 0 Å². The molecule has 0 atom stereocenters. The molecule has 162 valence electrons. The second-order valence-corrected chi connectivity index (χ2v) is 8.70. The Morgan fingerprint density at radius 2 is 1.66 bits per heavy atom.